The zero-order chi connectivity index (χ0) is 22.2. The molecule has 1 aliphatic carbocycles. The van der Waals surface area contributed by atoms with Gasteiger partial charge in [-0.25, -0.2) is 9.18 Å². The van der Waals surface area contributed by atoms with Crippen LogP contribution in [0.25, 0.3) is 5.57 Å². The van der Waals surface area contributed by atoms with Gasteiger partial charge in [0, 0.05) is 5.56 Å². The summed E-state index contributed by atoms with van der Waals surface area (Å²) in [4.78, 5) is 23.8. The van der Waals surface area contributed by atoms with Crippen LogP contribution in [0.2, 0.25) is 0 Å². The molecule has 31 heavy (non-hydrogen) atoms. The smallest absolute Gasteiger partial charge is 0.335 e. The third-order valence-electron chi connectivity index (χ3n) is 5.67. The van der Waals surface area contributed by atoms with E-state index in [4.69, 9.17) is 5.11 Å². The van der Waals surface area contributed by atoms with Crippen molar-refractivity contribution >= 4 is 23.1 Å². The molecule has 0 bridgehead atoms. The van der Waals surface area contributed by atoms with E-state index in [0.29, 0.717) is 5.56 Å². The number of hydrogen-bond acceptors (Lipinski definition) is 2. The molecule has 1 amide bonds. The molecule has 156 valence electrons. The average Bonchev–Trinajstić information content (AvgIpc) is 2.75. The van der Waals surface area contributed by atoms with Crippen LogP contribution in [0, 0.1) is 5.82 Å². The van der Waals surface area contributed by atoms with Gasteiger partial charge in [0.15, 0.2) is 0 Å². The predicted octanol–water partition coefficient (Wildman–Crippen LogP) is 5.89. The number of fused-ring (bicyclic) bond motifs is 1. The molecule has 0 saturated heterocycles. The molecule has 0 unspecified atom stereocenters. The molecular weight excluding hydrogens is 393 g/mol. The van der Waals surface area contributed by atoms with E-state index in [1.54, 1.807) is 6.07 Å². The minimum Gasteiger partial charge on any atom is -0.478 e. The molecule has 0 radical (unpaired) electrons. The van der Waals surface area contributed by atoms with Crippen LogP contribution in [0.3, 0.4) is 0 Å². The summed E-state index contributed by atoms with van der Waals surface area (Å²) in [6.45, 7) is 4.34. The van der Waals surface area contributed by atoms with Gasteiger partial charge in [-0.2, -0.15) is 0 Å². The second-order valence-corrected chi connectivity index (χ2v) is 8.29. The van der Waals surface area contributed by atoms with Crippen LogP contribution in [0.5, 0.6) is 0 Å². The summed E-state index contributed by atoms with van der Waals surface area (Å²) in [5.74, 6) is -2.48. The van der Waals surface area contributed by atoms with Crippen molar-refractivity contribution < 1.29 is 19.1 Å². The van der Waals surface area contributed by atoms with Gasteiger partial charge in [-0.3, -0.25) is 4.79 Å². The van der Waals surface area contributed by atoms with Gasteiger partial charge in [-0.1, -0.05) is 56.3 Å². The predicted molar refractivity (Wildman–Crippen MR) is 119 cm³/mol. The Morgan fingerprint density at radius 1 is 0.968 bits per heavy atom. The number of hydrogen-bond donors (Lipinski definition) is 2. The Morgan fingerprint density at radius 2 is 1.68 bits per heavy atom. The van der Waals surface area contributed by atoms with Gasteiger partial charge in [-0.15, -0.1) is 0 Å². The second-order valence-electron chi connectivity index (χ2n) is 8.29. The number of nitrogens with one attached hydrogen (secondary N) is 1. The number of amides is 1. The third-order valence-corrected chi connectivity index (χ3v) is 5.67. The molecule has 2 N–H and O–H groups in total. The molecule has 4 nitrogen and oxygen atoms in total. The van der Waals surface area contributed by atoms with Crippen molar-refractivity contribution in [1.82, 2.24) is 0 Å². The number of halogens is 1. The van der Waals surface area contributed by atoms with Gasteiger partial charge < -0.3 is 10.4 Å². The zero-order valence-corrected chi connectivity index (χ0v) is 17.3. The molecule has 0 aliphatic heterocycles. The average molecular weight is 415 g/mol. The fraction of sp³-hybridized carbons (Fsp3) is 0.154. The van der Waals surface area contributed by atoms with Crippen molar-refractivity contribution in [1.29, 1.82) is 0 Å². The highest BCUT2D eigenvalue weighted by Crippen LogP contribution is 2.41. The number of carboxylic acids is 1. The number of carbonyl (C=O) groups is 2. The van der Waals surface area contributed by atoms with Gasteiger partial charge in [0.05, 0.1) is 11.3 Å². The number of allylic oxidation sites excluding steroid dienone is 1. The number of rotatable bonds is 4. The molecule has 4 rings (SSSR count). The molecular formula is C26H22FNO3. The fourth-order valence-electron chi connectivity index (χ4n) is 3.91. The number of aromatic carboxylic acids is 1. The molecule has 3 aromatic rings. The van der Waals surface area contributed by atoms with E-state index >= 15 is 0 Å². The lowest BCUT2D eigenvalue weighted by atomic mass is 9.72. The largest absolute Gasteiger partial charge is 0.478 e. The number of benzene rings is 3. The Kier molecular flexibility index (Phi) is 5.19. The summed E-state index contributed by atoms with van der Waals surface area (Å²) >= 11 is 0. The summed E-state index contributed by atoms with van der Waals surface area (Å²) in [5.41, 5.74) is 4.38. The molecule has 0 heterocycles. The Balaban J connectivity index is 1.69. The lowest BCUT2D eigenvalue weighted by molar-refractivity contribution is 0.0696. The lowest BCUT2D eigenvalue weighted by Gasteiger charge is -2.32. The van der Waals surface area contributed by atoms with Crippen molar-refractivity contribution in [3.8, 4) is 0 Å². The van der Waals surface area contributed by atoms with Crippen molar-refractivity contribution in [2.75, 3.05) is 5.32 Å². The maximum absolute atomic E-state index is 14.3. The maximum atomic E-state index is 14.3. The van der Waals surface area contributed by atoms with Gasteiger partial charge >= 0.3 is 5.97 Å². The third kappa shape index (κ3) is 3.99. The molecule has 0 spiro atoms. The summed E-state index contributed by atoms with van der Waals surface area (Å²) in [6.07, 6.45) is 3.08. The normalized spacial score (nSPS) is 14.4. The van der Waals surface area contributed by atoms with Crippen LogP contribution in [0.15, 0.2) is 72.8 Å². The van der Waals surface area contributed by atoms with E-state index in [-0.39, 0.29) is 16.7 Å². The van der Waals surface area contributed by atoms with Gasteiger partial charge in [0.2, 0.25) is 0 Å². The Bertz CT molecular complexity index is 1210. The van der Waals surface area contributed by atoms with E-state index < -0.39 is 17.7 Å². The highest BCUT2D eigenvalue weighted by molar-refractivity contribution is 6.05. The van der Waals surface area contributed by atoms with Crippen molar-refractivity contribution in [3.63, 3.8) is 0 Å². The monoisotopic (exact) mass is 415 g/mol. The summed E-state index contributed by atoms with van der Waals surface area (Å²) in [7, 11) is 0. The highest BCUT2D eigenvalue weighted by atomic mass is 19.1. The SMILES string of the molecule is CC1(C)CC=C(c2ccccc2)c2cc(C(=O)Nc3ccc(C(=O)O)cc3F)ccc21. The van der Waals surface area contributed by atoms with Gasteiger partial charge in [-0.05, 0) is 64.4 Å². The van der Waals surface area contributed by atoms with Crippen LogP contribution in [0.4, 0.5) is 10.1 Å². The van der Waals surface area contributed by atoms with Crippen molar-refractivity contribution in [2.24, 2.45) is 0 Å². The second kappa shape index (κ2) is 7.84. The van der Waals surface area contributed by atoms with Crippen LogP contribution in [-0.4, -0.2) is 17.0 Å². The zero-order valence-electron chi connectivity index (χ0n) is 17.3. The van der Waals surface area contributed by atoms with E-state index in [1.807, 2.05) is 42.5 Å². The molecule has 0 atom stereocenters. The quantitative estimate of drug-likeness (QED) is 0.558. The van der Waals surface area contributed by atoms with Crippen molar-refractivity contribution in [3.05, 3.63) is 106 Å². The van der Waals surface area contributed by atoms with E-state index in [2.05, 4.69) is 25.2 Å². The van der Waals surface area contributed by atoms with Gasteiger partial charge in [0.1, 0.15) is 5.82 Å². The minimum atomic E-state index is -1.23. The molecule has 0 fully saturated rings. The van der Waals surface area contributed by atoms with E-state index in [0.717, 1.165) is 34.8 Å². The van der Waals surface area contributed by atoms with E-state index in [1.165, 1.54) is 12.1 Å². The van der Waals surface area contributed by atoms with Crippen LogP contribution >= 0.6 is 0 Å². The molecule has 0 saturated carbocycles. The van der Waals surface area contributed by atoms with Crippen LogP contribution in [0.1, 0.15) is 57.7 Å². The van der Waals surface area contributed by atoms with Gasteiger partial charge in [0.25, 0.3) is 5.91 Å². The fourth-order valence-corrected chi connectivity index (χ4v) is 3.91. The first-order chi connectivity index (χ1) is 14.8. The van der Waals surface area contributed by atoms with E-state index in [9.17, 15) is 14.0 Å². The van der Waals surface area contributed by atoms with Crippen LogP contribution < -0.4 is 5.32 Å². The maximum Gasteiger partial charge on any atom is 0.335 e. The standard InChI is InChI=1S/C26H22FNO3/c1-26(2)13-12-19(16-6-4-3-5-7-16)20-14-17(8-10-21(20)26)24(29)28-23-11-9-18(25(30)31)15-22(23)27/h3-12,14-15H,13H2,1-2H3,(H,28,29)(H,30,31). The first kappa shape index (κ1) is 20.5. The molecule has 3 aromatic carbocycles. The Labute approximate surface area is 180 Å². The topological polar surface area (TPSA) is 66.4 Å². The van der Waals surface area contributed by atoms with Crippen LogP contribution in [-0.2, 0) is 5.41 Å². The molecule has 5 heteroatoms. The number of carbonyl (C=O) groups excluding carboxylic acids is 1. The first-order valence-corrected chi connectivity index (χ1v) is 10.0. The highest BCUT2D eigenvalue weighted by Gasteiger charge is 2.29. The Hall–Kier alpha value is -3.73. The molecule has 1 aliphatic rings. The lowest BCUT2D eigenvalue weighted by Crippen LogP contribution is -2.23. The molecule has 0 aromatic heterocycles. The number of carboxylic acid groups (broad SMARTS) is 1. The summed E-state index contributed by atoms with van der Waals surface area (Å²) in [6, 6.07) is 19.0. The summed E-state index contributed by atoms with van der Waals surface area (Å²) < 4.78 is 14.3. The van der Waals surface area contributed by atoms with Crippen molar-refractivity contribution in [2.45, 2.75) is 25.7 Å². The first-order valence-electron chi connectivity index (χ1n) is 10.0. The Morgan fingerprint density at radius 3 is 2.35 bits per heavy atom. The number of anilines is 1. The summed E-state index contributed by atoms with van der Waals surface area (Å²) in [5, 5.41) is 11.5. The minimum absolute atomic E-state index is 0.0631.